The minimum Gasteiger partial charge on any atom is -0.480 e. The first-order chi connectivity index (χ1) is 13.6. The Bertz CT molecular complexity index is 590. The predicted molar refractivity (Wildman–Crippen MR) is 108 cm³/mol. The molecule has 0 aromatic heterocycles. The molecule has 0 rings (SSSR count). The number of hydrogen-bond acceptors (Lipinski definition) is 8. The van der Waals surface area contributed by atoms with Crippen molar-refractivity contribution in [1.82, 2.24) is 16.0 Å². The van der Waals surface area contributed by atoms with Gasteiger partial charge in [-0.1, -0.05) is 0 Å². The van der Waals surface area contributed by atoms with E-state index in [1.807, 2.05) is 0 Å². The number of amides is 4. The number of carbonyl (C=O) groups excluding carboxylic acids is 4. The van der Waals surface area contributed by atoms with Crippen LogP contribution in [0.3, 0.4) is 0 Å². The highest BCUT2D eigenvalue weighted by atomic mass is 32.1. The maximum Gasteiger partial charge on any atom is 0.327 e. The summed E-state index contributed by atoms with van der Waals surface area (Å²) in [5.74, 6) is -3.95. The molecule has 166 valence electrons. The summed E-state index contributed by atoms with van der Waals surface area (Å²) in [5, 5.41) is 15.9. The fourth-order valence-corrected chi connectivity index (χ4v) is 2.44. The number of nitrogens with one attached hydrogen (secondary N) is 3. The molecule has 0 saturated heterocycles. The van der Waals surface area contributed by atoms with Crippen molar-refractivity contribution in [2.45, 2.75) is 50.2 Å². The Morgan fingerprint density at radius 3 is 2.14 bits per heavy atom. The van der Waals surface area contributed by atoms with Gasteiger partial charge in [0.1, 0.15) is 12.1 Å². The van der Waals surface area contributed by atoms with Gasteiger partial charge in [0.05, 0.1) is 12.6 Å². The van der Waals surface area contributed by atoms with Crippen molar-refractivity contribution in [3.63, 3.8) is 0 Å². The third kappa shape index (κ3) is 11.9. The maximum absolute atomic E-state index is 12.4. The lowest BCUT2D eigenvalue weighted by Crippen LogP contribution is -2.53. The number of rotatable bonds is 15. The summed E-state index contributed by atoms with van der Waals surface area (Å²) in [5.41, 5.74) is 16.1. The highest BCUT2D eigenvalue weighted by molar-refractivity contribution is 7.80. The predicted octanol–water partition coefficient (Wildman–Crippen LogP) is -3.19. The van der Waals surface area contributed by atoms with E-state index in [1.165, 1.54) is 0 Å². The van der Waals surface area contributed by atoms with Gasteiger partial charge in [-0.05, 0) is 32.2 Å². The molecule has 0 fully saturated rings. The van der Waals surface area contributed by atoms with E-state index in [9.17, 15) is 24.0 Å². The number of unbranched alkanes of at least 4 members (excludes halogenated alkanes) is 1. The van der Waals surface area contributed by atoms with Crippen molar-refractivity contribution in [3.05, 3.63) is 0 Å². The molecule has 0 aliphatic heterocycles. The summed E-state index contributed by atoms with van der Waals surface area (Å²) in [6.07, 6.45) is 1.37. The zero-order valence-corrected chi connectivity index (χ0v) is 17.0. The van der Waals surface area contributed by atoms with Crippen LogP contribution in [0.2, 0.25) is 0 Å². The van der Waals surface area contributed by atoms with E-state index in [2.05, 4.69) is 28.6 Å². The van der Waals surface area contributed by atoms with Crippen molar-refractivity contribution >= 4 is 42.2 Å². The molecule has 29 heavy (non-hydrogen) atoms. The highest BCUT2D eigenvalue weighted by Gasteiger charge is 2.24. The van der Waals surface area contributed by atoms with Crippen LogP contribution >= 0.6 is 12.6 Å². The SMILES string of the molecule is NCCCCC(NC(=O)C(N)CCC(N)=O)C(=O)NCC(=O)NC(CS)C(=O)O. The lowest BCUT2D eigenvalue weighted by molar-refractivity contribution is -0.141. The lowest BCUT2D eigenvalue weighted by atomic mass is 10.1. The lowest BCUT2D eigenvalue weighted by Gasteiger charge is -2.21. The van der Waals surface area contributed by atoms with Gasteiger partial charge in [-0.15, -0.1) is 0 Å². The second-order valence-electron chi connectivity index (χ2n) is 6.32. The molecule has 10 N–H and O–H groups in total. The second-order valence-corrected chi connectivity index (χ2v) is 6.68. The monoisotopic (exact) mass is 434 g/mol. The van der Waals surface area contributed by atoms with Gasteiger partial charge in [0.15, 0.2) is 0 Å². The van der Waals surface area contributed by atoms with Crippen molar-refractivity contribution in [2.75, 3.05) is 18.8 Å². The number of carbonyl (C=O) groups is 5. The molecular formula is C16H30N6O6S. The Kier molecular flexibility index (Phi) is 13.4. The Morgan fingerprint density at radius 2 is 1.62 bits per heavy atom. The molecule has 0 radical (unpaired) electrons. The van der Waals surface area contributed by atoms with Gasteiger partial charge < -0.3 is 38.3 Å². The molecule has 0 heterocycles. The molecule has 13 heteroatoms. The zero-order valence-electron chi connectivity index (χ0n) is 16.1. The van der Waals surface area contributed by atoms with Crippen LogP contribution in [0, 0.1) is 0 Å². The van der Waals surface area contributed by atoms with Crippen molar-refractivity contribution in [1.29, 1.82) is 0 Å². The number of carboxylic acid groups (broad SMARTS) is 1. The van der Waals surface area contributed by atoms with E-state index in [-0.39, 0.29) is 25.0 Å². The van der Waals surface area contributed by atoms with Crippen LogP contribution in [-0.2, 0) is 24.0 Å². The minimum absolute atomic E-state index is 0.0288. The minimum atomic E-state index is -1.25. The average molecular weight is 435 g/mol. The molecule has 0 bridgehead atoms. The Labute approximate surface area is 174 Å². The van der Waals surface area contributed by atoms with E-state index in [1.54, 1.807) is 0 Å². The number of primary amides is 1. The van der Waals surface area contributed by atoms with Crippen LogP contribution in [0.5, 0.6) is 0 Å². The Hall–Kier alpha value is -2.38. The average Bonchev–Trinajstić information content (AvgIpc) is 2.67. The van der Waals surface area contributed by atoms with Gasteiger partial charge in [0.25, 0.3) is 0 Å². The van der Waals surface area contributed by atoms with E-state index in [0.717, 1.165) is 0 Å². The van der Waals surface area contributed by atoms with Gasteiger partial charge in [0.2, 0.25) is 23.6 Å². The first-order valence-electron chi connectivity index (χ1n) is 9.07. The first-order valence-corrected chi connectivity index (χ1v) is 9.70. The van der Waals surface area contributed by atoms with E-state index in [0.29, 0.717) is 19.4 Å². The molecular weight excluding hydrogens is 404 g/mol. The Morgan fingerprint density at radius 1 is 0.966 bits per heavy atom. The van der Waals surface area contributed by atoms with Gasteiger partial charge in [-0.25, -0.2) is 4.79 Å². The smallest absolute Gasteiger partial charge is 0.327 e. The van der Waals surface area contributed by atoms with Crippen molar-refractivity contribution < 1.29 is 29.1 Å². The van der Waals surface area contributed by atoms with Gasteiger partial charge >= 0.3 is 5.97 Å². The standard InChI is InChI=1S/C16H30N6O6S/c17-6-2-1-3-10(22-14(25)9(18)4-5-12(19)23)15(26)20-7-13(24)21-11(8-29)16(27)28/h9-11,29H,1-8,17-18H2,(H2,19,23)(H,20,26)(H,21,24)(H,22,25)(H,27,28). The Balaban J connectivity index is 4.77. The first kappa shape index (κ1) is 26.6. The maximum atomic E-state index is 12.4. The number of nitrogens with two attached hydrogens (primary N) is 3. The molecule has 12 nitrogen and oxygen atoms in total. The molecule has 3 atom stereocenters. The second kappa shape index (κ2) is 14.6. The molecule has 0 aliphatic carbocycles. The molecule has 4 amide bonds. The third-order valence-corrected chi connectivity index (χ3v) is 4.22. The number of aliphatic carboxylic acids is 1. The van der Waals surface area contributed by atoms with Crippen LogP contribution in [-0.4, -0.2) is 71.7 Å². The molecule has 0 aromatic carbocycles. The fraction of sp³-hybridized carbons (Fsp3) is 0.688. The summed E-state index contributed by atoms with van der Waals surface area (Å²) in [6, 6.07) is -3.19. The molecule has 0 aromatic rings. The van der Waals surface area contributed by atoms with Crippen LogP contribution in [0.1, 0.15) is 32.1 Å². The van der Waals surface area contributed by atoms with Crippen molar-refractivity contribution in [3.8, 4) is 0 Å². The third-order valence-electron chi connectivity index (χ3n) is 3.86. The van der Waals surface area contributed by atoms with Gasteiger partial charge in [-0.2, -0.15) is 12.6 Å². The summed E-state index contributed by atoms with van der Waals surface area (Å²) in [7, 11) is 0. The van der Waals surface area contributed by atoms with E-state index < -0.39 is 54.3 Å². The molecule has 3 unspecified atom stereocenters. The summed E-state index contributed by atoms with van der Waals surface area (Å²) < 4.78 is 0. The molecule has 0 aliphatic rings. The van der Waals surface area contributed by atoms with E-state index >= 15 is 0 Å². The summed E-state index contributed by atoms with van der Waals surface area (Å²) >= 11 is 3.82. The quantitative estimate of drug-likeness (QED) is 0.0966. The van der Waals surface area contributed by atoms with Crippen molar-refractivity contribution in [2.24, 2.45) is 17.2 Å². The molecule has 0 spiro atoms. The van der Waals surface area contributed by atoms with Gasteiger partial charge in [0, 0.05) is 12.2 Å². The largest absolute Gasteiger partial charge is 0.480 e. The number of carboxylic acids is 1. The fourth-order valence-electron chi connectivity index (χ4n) is 2.19. The zero-order chi connectivity index (χ0) is 22.4. The number of thiol groups is 1. The normalized spacial score (nSPS) is 13.6. The van der Waals surface area contributed by atoms with Crippen LogP contribution in [0.25, 0.3) is 0 Å². The number of hydrogen-bond donors (Lipinski definition) is 8. The summed E-state index contributed by atoms with van der Waals surface area (Å²) in [6.45, 7) is -0.0729. The molecule has 0 saturated carbocycles. The summed E-state index contributed by atoms with van der Waals surface area (Å²) in [4.78, 5) is 58.0. The van der Waals surface area contributed by atoms with Gasteiger partial charge in [-0.3, -0.25) is 19.2 Å². The highest BCUT2D eigenvalue weighted by Crippen LogP contribution is 2.03. The van der Waals surface area contributed by atoms with Crippen LogP contribution in [0.4, 0.5) is 0 Å². The van der Waals surface area contributed by atoms with Crippen LogP contribution in [0.15, 0.2) is 0 Å². The van der Waals surface area contributed by atoms with E-state index in [4.69, 9.17) is 22.3 Å². The topological polar surface area (TPSA) is 220 Å². The van der Waals surface area contributed by atoms with Crippen LogP contribution < -0.4 is 33.2 Å².